The zero-order chi connectivity index (χ0) is 18.0. The standard InChI is InChI=1S/C18H13BrN4O2/c1-25-16-7-15-13(6-14(16)18(21)24)17(10(8-20)9-22-15)23-12-4-2-3-11(19)5-12/h2-7,9H,1H3,(H2,21,24)(H,22,23). The fraction of sp³-hybridized carbons (Fsp3) is 0.0556. The van der Waals surface area contributed by atoms with Crippen molar-refractivity contribution >= 4 is 44.1 Å². The Morgan fingerprint density at radius 2 is 2.16 bits per heavy atom. The first-order chi connectivity index (χ1) is 12.0. The number of nitriles is 1. The molecule has 0 bridgehead atoms. The van der Waals surface area contributed by atoms with Crippen LogP contribution in [0, 0.1) is 11.3 Å². The van der Waals surface area contributed by atoms with Gasteiger partial charge in [0.05, 0.1) is 29.4 Å². The summed E-state index contributed by atoms with van der Waals surface area (Å²) in [4.78, 5) is 16.0. The van der Waals surface area contributed by atoms with E-state index >= 15 is 0 Å². The highest BCUT2D eigenvalue weighted by Gasteiger charge is 2.16. The van der Waals surface area contributed by atoms with Gasteiger partial charge in [-0.25, -0.2) is 0 Å². The van der Waals surface area contributed by atoms with Crippen molar-refractivity contribution in [1.82, 2.24) is 4.98 Å². The number of ether oxygens (including phenoxy) is 1. The second-order valence-electron chi connectivity index (χ2n) is 5.23. The number of hydrogen-bond acceptors (Lipinski definition) is 5. The van der Waals surface area contributed by atoms with E-state index in [0.29, 0.717) is 27.9 Å². The van der Waals surface area contributed by atoms with Crippen molar-refractivity contribution in [3.63, 3.8) is 0 Å². The molecule has 124 valence electrons. The van der Waals surface area contributed by atoms with E-state index in [1.54, 1.807) is 12.1 Å². The minimum Gasteiger partial charge on any atom is -0.496 e. The average Bonchev–Trinajstić information content (AvgIpc) is 2.60. The molecule has 0 saturated heterocycles. The highest BCUT2D eigenvalue weighted by Crippen LogP contribution is 2.33. The highest BCUT2D eigenvalue weighted by atomic mass is 79.9. The Morgan fingerprint density at radius 1 is 1.36 bits per heavy atom. The lowest BCUT2D eigenvalue weighted by Gasteiger charge is -2.14. The number of anilines is 2. The van der Waals surface area contributed by atoms with Crippen LogP contribution in [-0.4, -0.2) is 18.0 Å². The molecule has 6 nitrogen and oxygen atoms in total. The maximum Gasteiger partial charge on any atom is 0.252 e. The van der Waals surface area contributed by atoms with E-state index in [-0.39, 0.29) is 5.56 Å². The lowest BCUT2D eigenvalue weighted by Crippen LogP contribution is -2.12. The van der Waals surface area contributed by atoms with E-state index in [1.165, 1.54) is 13.3 Å². The van der Waals surface area contributed by atoms with Crippen LogP contribution in [0.2, 0.25) is 0 Å². The maximum atomic E-state index is 11.7. The summed E-state index contributed by atoms with van der Waals surface area (Å²) in [7, 11) is 1.46. The Kier molecular flexibility index (Phi) is 4.55. The van der Waals surface area contributed by atoms with Crippen molar-refractivity contribution in [2.75, 3.05) is 12.4 Å². The molecule has 25 heavy (non-hydrogen) atoms. The molecule has 7 heteroatoms. The zero-order valence-electron chi connectivity index (χ0n) is 13.2. The summed E-state index contributed by atoms with van der Waals surface area (Å²) >= 11 is 3.42. The van der Waals surface area contributed by atoms with Crippen LogP contribution < -0.4 is 15.8 Å². The molecule has 0 atom stereocenters. The van der Waals surface area contributed by atoms with E-state index in [0.717, 1.165) is 10.2 Å². The Hall–Kier alpha value is -3.11. The van der Waals surface area contributed by atoms with Gasteiger partial charge in [-0.05, 0) is 24.3 Å². The van der Waals surface area contributed by atoms with Crippen molar-refractivity contribution in [1.29, 1.82) is 5.26 Å². The molecule has 0 aliphatic carbocycles. The normalized spacial score (nSPS) is 10.3. The quantitative estimate of drug-likeness (QED) is 0.699. The minimum absolute atomic E-state index is 0.226. The van der Waals surface area contributed by atoms with Gasteiger partial charge in [-0.1, -0.05) is 22.0 Å². The molecule has 0 aliphatic rings. The molecule has 1 aromatic heterocycles. The zero-order valence-corrected chi connectivity index (χ0v) is 14.8. The molecule has 2 aromatic carbocycles. The third-order valence-electron chi connectivity index (χ3n) is 3.67. The van der Waals surface area contributed by atoms with Crippen LogP contribution >= 0.6 is 15.9 Å². The summed E-state index contributed by atoms with van der Waals surface area (Å²) in [6.07, 6.45) is 1.48. The number of carbonyl (C=O) groups is 1. The second kappa shape index (κ2) is 6.79. The summed E-state index contributed by atoms with van der Waals surface area (Å²) in [5.74, 6) is -0.278. The molecular weight excluding hydrogens is 384 g/mol. The minimum atomic E-state index is -0.616. The number of primary amides is 1. The summed E-state index contributed by atoms with van der Waals surface area (Å²) in [5, 5.41) is 13.3. The van der Waals surface area contributed by atoms with Crippen LogP contribution in [0.4, 0.5) is 11.4 Å². The number of nitrogens with zero attached hydrogens (tertiary/aromatic N) is 2. The van der Waals surface area contributed by atoms with Gasteiger partial charge in [-0.3, -0.25) is 9.78 Å². The molecular formula is C18H13BrN4O2. The van der Waals surface area contributed by atoms with Gasteiger partial charge < -0.3 is 15.8 Å². The van der Waals surface area contributed by atoms with Crippen LogP contribution in [0.5, 0.6) is 5.75 Å². The van der Waals surface area contributed by atoms with E-state index in [9.17, 15) is 10.1 Å². The number of fused-ring (bicyclic) bond motifs is 1. The number of benzene rings is 2. The van der Waals surface area contributed by atoms with Gasteiger partial charge in [0, 0.05) is 27.8 Å². The molecule has 0 radical (unpaired) electrons. The van der Waals surface area contributed by atoms with Crippen molar-refractivity contribution in [3.05, 3.63) is 58.2 Å². The fourth-order valence-electron chi connectivity index (χ4n) is 2.51. The molecule has 1 heterocycles. The summed E-state index contributed by atoms with van der Waals surface area (Å²) in [5.41, 5.74) is 7.94. The smallest absolute Gasteiger partial charge is 0.252 e. The molecule has 1 amide bonds. The van der Waals surface area contributed by atoms with Crippen molar-refractivity contribution in [2.24, 2.45) is 5.73 Å². The first kappa shape index (κ1) is 16.7. The topological polar surface area (TPSA) is 101 Å². The van der Waals surface area contributed by atoms with Gasteiger partial charge in [0.1, 0.15) is 11.8 Å². The molecule has 3 aromatic rings. The summed E-state index contributed by atoms with van der Waals surface area (Å²) < 4.78 is 6.11. The monoisotopic (exact) mass is 396 g/mol. The van der Waals surface area contributed by atoms with Gasteiger partial charge in [0.2, 0.25) is 0 Å². The fourth-order valence-corrected chi connectivity index (χ4v) is 2.91. The number of halogens is 1. The molecule has 0 fully saturated rings. The first-order valence-corrected chi connectivity index (χ1v) is 8.06. The number of methoxy groups -OCH3 is 1. The van der Waals surface area contributed by atoms with Gasteiger partial charge in [0.25, 0.3) is 5.91 Å². The first-order valence-electron chi connectivity index (χ1n) is 7.26. The van der Waals surface area contributed by atoms with E-state index < -0.39 is 5.91 Å². The largest absolute Gasteiger partial charge is 0.496 e. The molecule has 0 unspecified atom stereocenters. The Labute approximate surface area is 152 Å². The number of nitrogens with two attached hydrogens (primary N) is 1. The Balaban J connectivity index is 2.26. The predicted molar refractivity (Wildman–Crippen MR) is 99.0 cm³/mol. The van der Waals surface area contributed by atoms with Gasteiger partial charge in [-0.15, -0.1) is 0 Å². The van der Waals surface area contributed by atoms with E-state index in [2.05, 4.69) is 32.3 Å². The van der Waals surface area contributed by atoms with E-state index in [1.807, 2.05) is 24.3 Å². The van der Waals surface area contributed by atoms with Crippen LogP contribution in [0.3, 0.4) is 0 Å². The number of hydrogen-bond donors (Lipinski definition) is 2. The third kappa shape index (κ3) is 3.25. The van der Waals surface area contributed by atoms with Gasteiger partial charge in [-0.2, -0.15) is 5.26 Å². The van der Waals surface area contributed by atoms with Crippen LogP contribution in [0.25, 0.3) is 10.9 Å². The molecule has 3 rings (SSSR count). The van der Waals surface area contributed by atoms with Crippen LogP contribution in [0.1, 0.15) is 15.9 Å². The predicted octanol–water partition coefficient (Wildman–Crippen LogP) is 3.72. The molecule has 0 spiro atoms. The number of carbonyl (C=O) groups excluding carboxylic acids is 1. The SMILES string of the molecule is COc1cc2ncc(C#N)c(Nc3cccc(Br)c3)c2cc1C(N)=O. The third-order valence-corrected chi connectivity index (χ3v) is 4.16. The van der Waals surface area contributed by atoms with Crippen LogP contribution in [-0.2, 0) is 0 Å². The second-order valence-corrected chi connectivity index (χ2v) is 6.14. The lowest BCUT2D eigenvalue weighted by atomic mass is 10.0. The number of rotatable bonds is 4. The number of aromatic nitrogens is 1. The number of nitrogens with one attached hydrogen (secondary N) is 1. The summed E-state index contributed by atoms with van der Waals surface area (Å²) in [6.45, 7) is 0. The van der Waals surface area contributed by atoms with Crippen molar-refractivity contribution in [2.45, 2.75) is 0 Å². The van der Waals surface area contributed by atoms with Crippen LogP contribution in [0.15, 0.2) is 47.1 Å². The molecule has 3 N–H and O–H groups in total. The van der Waals surface area contributed by atoms with Crippen molar-refractivity contribution in [3.8, 4) is 11.8 Å². The average molecular weight is 397 g/mol. The summed E-state index contributed by atoms with van der Waals surface area (Å²) in [6, 6.07) is 12.9. The van der Waals surface area contributed by atoms with Gasteiger partial charge >= 0.3 is 0 Å². The molecule has 0 saturated carbocycles. The maximum absolute atomic E-state index is 11.7. The highest BCUT2D eigenvalue weighted by molar-refractivity contribution is 9.10. The Morgan fingerprint density at radius 3 is 2.80 bits per heavy atom. The Bertz CT molecular complexity index is 1030. The van der Waals surface area contributed by atoms with Gasteiger partial charge in [0.15, 0.2) is 0 Å². The lowest BCUT2D eigenvalue weighted by molar-refractivity contribution is 0.0997. The van der Waals surface area contributed by atoms with Crippen molar-refractivity contribution < 1.29 is 9.53 Å². The van der Waals surface area contributed by atoms with E-state index in [4.69, 9.17) is 10.5 Å². The molecule has 0 aliphatic heterocycles. The number of amides is 1. The number of pyridine rings is 1.